The van der Waals surface area contributed by atoms with E-state index < -0.39 is 11.9 Å². The van der Waals surface area contributed by atoms with E-state index >= 15 is 0 Å². The molecule has 0 aliphatic carbocycles. The van der Waals surface area contributed by atoms with Crippen LogP contribution >= 0.6 is 11.8 Å². The second-order valence-electron chi connectivity index (χ2n) is 6.26. The van der Waals surface area contributed by atoms with E-state index in [-0.39, 0.29) is 5.91 Å². The minimum atomic E-state index is -0.809. The maximum absolute atomic E-state index is 12.6. The number of hydrogen-bond donors (Lipinski definition) is 2. The van der Waals surface area contributed by atoms with Crippen LogP contribution in [-0.4, -0.2) is 22.2 Å². The third kappa shape index (κ3) is 5.64. The molecule has 0 aromatic heterocycles. The largest absolute Gasteiger partial charge is 0.481 e. The van der Waals surface area contributed by atoms with Crippen molar-refractivity contribution in [1.82, 2.24) is 0 Å². The number of carboxylic acid groups (broad SMARTS) is 1. The average Bonchev–Trinajstić information content (AvgIpc) is 2.56. The topological polar surface area (TPSA) is 66.4 Å². The Bertz CT molecular complexity index is 741. The summed E-state index contributed by atoms with van der Waals surface area (Å²) in [6, 6.07) is 14.9. The number of carbonyl (C=O) groups is 2. The van der Waals surface area contributed by atoms with Crippen molar-refractivity contribution in [2.24, 2.45) is 5.92 Å². The Kier molecular flexibility index (Phi) is 6.65. The monoisotopic (exact) mass is 357 g/mol. The predicted octanol–water partition coefficient (Wildman–Crippen LogP) is 4.70. The SMILES string of the molecule is CC(C)Sc1ccccc1C(=O)Nc1ccc(CC(C)C(=O)O)cc1. The summed E-state index contributed by atoms with van der Waals surface area (Å²) < 4.78 is 0. The highest BCUT2D eigenvalue weighted by Crippen LogP contribution is 2.27. The summed E-state index contributed by atoms with van der Waals surface area (Å²) in [5.74, 6) is -1.38. The minimum Gasteiger partial charge on any atom is -0.481 e. The van der Waals surface area contributed by atoms with Crippen LogP contribution in [0.2, 0.25) is 0 Å². The molecule has 0 aliphatic rings. The number of anilines is 1. The molecule has 0 spiro atoms. The van der Waals surface area contributed by atoms with E-state index in [0.29, 0.717) is 22.9 Å². The number of carbonyl (C=O) groups excluding carboxylic acids is 1. The zero-order valence-electron chi connectivity index (χ0n) is 14.7. The maximum atomic E-state index is 12.6. The second kappa shape index (κ2) is 8.72. The van der Waals surface area contributed by atoms with Gasteiger partial charge in [-0.1, -0.05) is 45.0 Å². The number of thioether (sulfide) groups is 1. The lowest BCUT2D eigenvalue weighted by atomic mass is 10.0. The fraction of sp³-hybridized carbons (Fsp3) is 0.300. The minimum absolute atomic E-state index is 0.143. The lowest BCUT2D eigenvalue weighted by Crippen LogP contribution is -2.14. The molecule has 5 heteroatoms. The summed E-state index contributed by atoms with van der Waals surface area (Å²) in [6.07, 6.45) is 0.470. The Morgan fingerprint density at radius 3 is 2.28 bits per heavy atom. The molecule has 0 radical (unpaired) electrons. The normalized spacial score (nSPS) is 12.0. The summed E-state index contributed by atoms with van der Waals surface area (Å²) in [6.45, 7) is 5.87. The number of carboxylic acids is 1. The first-order chi connectivity index (χ1) is 11.9. The highest BCUT2D eigenvalue weighted by atomic mass is 32.2. The standard InChI is InChI=1S/C20H23NO3S/c1-13(2)25-18-7-5-4-6-17(18)19(22)21-16-10-8-15(9-11-16)12-14(3)20(23)24/h4-11,13-14H,12H2,1-3H3,(H,21,22)(H,23,24). The fourth-order valence-electron chi connectivity index (χ4n) is 2.37. The van der Waals surface area contributed by atoms with Crippen molar-refractivity contribution in [1.29, 1.82) is 0 Å². The van der Waals surface area contributed by atoms with Crippen LogP contribution < -0.4 is 5.32 Å². The third-order valence-electron chi connectivity index (χ3n) is 3.67. The van der Waals surface area contributed by atoms with E-state index in [9.17, 15) is 9.59 Å². The van der Waals surface area contributed by atoms with Gasteiger partial charge in [0.25, 0.3) is 5.91 Å². The van der Waals surface area contributed by atoms with E-state index in [1.54, 1.807) is 30.8 Å². The fourth-order valence-corrected chi connectivity index (χ4v) is 3.33. The van der Waals surface area contributed by atoms with Crippen LogP contribution in [0.25, 0.3) is 0 Å². The summed E-state index contributed by atoms with van der Waals surface area (Å²) in [4.78, 5) is 24.4. The molecule has 4 nitrogen and oxygen atoms in total. The highest BCUT2D eigenvalue weighted by molar-refractivity contribution is 8.00. The predicted molar refractivity (Wildman–Crippen MR) is 102 cm³/mol. The average molecular weight is 357 g/mol. The number of aliphatic carboxylic acids is 1. The van der Waals surface area contributed by atoms with Gasteiger partial charge in [0, 0.05) is 15.8 Å². The smallest absolute Gasteiger partial charge is 0.306 e. The number of rotatable bonds is 7. The van der Waals surface area contributed by atoms with Gasteiger partial charge in [0.05, 0.1) is 11.5 Å². The molecule has 0 aliphatic heterocycles. The Morgan fingerprint density at radius 2 is 1.68 bits per heavy atom. The molecule has 0 fully saturated rings. The zero-order chi connectivity index (χ0) is 18.4. The molecular weight excluding hydrogens is 334 g/mol. The van der Waals surface area contributed by atoms with Gasteiger partial charge in [-0.25, -0.2) is 0 Å². The second-order valence-corrected chi connectivity index (χ2v) is 7.88. The van der Waals surface area contributed by atoms with Gasteiger partial charge in [-0.15, -0.1) is 11.8 Å². The number of amides is 1. The first-order valence-corrected chi connectivity index (χ1v) is 9.13. The number of hydrogen-bond acceptors (Lipinski definition) is 3. The summed E-state index contributed by atoms with van der Waals surface area (Å²) >= 11 is 1.66. The van der Waals surface area contributed by atoms with E-state index in [2.05, 4.69) is 19.2 Å². The third-order valence-corrected chi connectivity index (χ3v) is 4.75. The molecule has 2 aromatic rings. The van der Waals surface area contributed by atoms with Crippen LogP contribution in [0.15, 0.2) is 53.4 Å². The van der Waals surface area contributed by atoms with Gasteiger partial charge in [-0.2, -0.15) is 0 Å². The maximum Gasteiger partial charge on any atom is 0.306 e. The summed E-state index contributed by atoms with van der Waals surface area (Å²) in [5.41, 5.74) is 2.29. The first-order valence-electron chi connectivity index (χ1n) is 8.25. The molecule has 25 heavy (non-hydrogen) atoms. The van der Waals surface area contributed by atoms with Crippen molar-refractivity contribution in [3.8, 4) is 0 Å². The number of nitrogens with one attached hydrogen (secondary N) is 1. The van der Waals surface area contributed by atoms with Crippen molar-refractivity contribution < 1.29 is 14.7 Å². The Labute approximate surface area is 152 Å². The van der Waals surface area contributed by atoms with Gasteiger partial charge < -0.3 is 10.4 Å². The van der Waals surface area contributed by atoms with Crippen LogP contribution in [0.3, 0.4) is 0 Å². The van der Waals surface area contributed by atoms with Gasteiger partial charge >= 0.3 is 5.97 Å². The van der Waals surface area contributed by atoms with E-state index in [4.69, 9.17) is 5.11 Å². The van der Waals surface area contributed by atoms with Crippen LogP contribution in [-0.2, 0) is 11.2 Å². The molecule has 0 bridgehead atoms. The quantitative estimate of drug-likeness (QED) is 0.705. The first kappa shape index (κ1) is 19.1. The van der Waals surface area contributed by atoms with Crippen molar-refractivity contribution in [2.75, 3.05) is 5.32 Å². The molecule has 1 atom stereocenters. The lowest BCUT2D eigenvalue weighted by Gasteiger charge is -2.12. The summed E-state index contributed by atoms with van der Waals surface area (Å²) in [7, 11) is 0. The Hall–Kier alpha value is -2.27. The van der Waals surface area contributed by atoms with Crippen LogP contribution in [0.1, 0.15) is 36.7 Å². The van der Waals surface area contributed by atoms with Gasteiger partial charge in [0.15, 0.2) is 0 Å². The molecule has 2 aromatic carbocycles. The van der Waals surface area contributed by atoms with Crippen molar-refractivity contribution in [3.63, 3.8) is 0 Å². The van der Waals surface area contributed by atoms with Gasteiger partial charge in [-0.3, -0.25) is 9.59 Å². The van der Waals surface area contributed by atoms with E-state index in [0.717, 1.165) is 10.5 Å². The molecule has 0 heterocycles. The Morgan fingerprint density at radius 1 is 1.04 bits per heavy atom. The van der Waals surface area contributed by atoms with Gasteiger partial charge in [0.2, 0.25) is 0 Å². The van der Waals surface area contributed by atoms with Crippen LogP contribution in [0.4, 0.5) is 5.69 Å². The zero-order valence-corrected chi connectivity index (χ0v) is 15.5. The highest BCUT2D eigenvalue weighted by Gasteiger charge is 2.14. The Balaban J connectivity index is 2.07. The molecule has 2 rings (SSSR count). The lowest BCUT2D eigenvalue weighted by molar-refractivity contribution is -0.141. The van der Waals surface area contributed by atoms with Crippen molar-refractivity contribution >= 4 is 29.3 Å². The number of benzene rings is 2. The molecular formula is C20H23NO3S. The van der Waals surface area contributed by atoms with Gasteiger partial charge in [0.1, 0.15) is 0 Å². The molecule has 1 unspecified atom stereocenters. The van der Waals surface area contributed by atoms with E-state index in [1.807, 2.05) is 36.4 Å². The van der Waals surface area contributed by atoms with E-state index in [1.165, 1.54) is 0 Å². The molecule has 1 amide bonds. The van der Waals surface area contributed by atoms with Crippen molar-refractivity contribution in [3.05, 3.63) is 59.7 Å². The molecule has 0 saturated carbocycles. The molecule has 0 saturated heterocycles. The molecule has 132 valence electrons. The molecule has 2 N–H and O–H groups in total. The van der Waals surface area contributed by atoms with Crippen LogP contribution in [0.5, 0.6) is 0 Å². The van der Waals surface area contributed by atoms with Crippen molar-refractivity contribution in [2.45, 2.75) is 37.3 Å². The van der Waals surface area contributed by atoms with Gasteiger partial charge in [-0.05, 0) is 36.2 Å². The van der Waals surface area contributed by atoms with Crippen LogP contribution in [0, 0.1) is 5.92 Å². The summed E-state index contributed by atoms with van der Waals surface area (Å²) in [5, 5.41) is 12.3.